The monoisotopic (exact) mass is 222 g/mol. The van der Waals surface area contributed by atoms with Crippen molar-refractivity contribution in [3.05, 3.63) is 11.6 Å². The van der Waals surface area contributed by atoms with Gasteiger partial charge in [-0.2, -0.15) is 0 Å². The molecule has 1 aliphatic heterocycles. The molecule has 3 aliphatic rings. The Morgan fingerprint density at radius 2 is 2.06 bits per heavy atom. The molecule has 3 rings (SSSR count). The standard InChI is InChI=1S/C13H18O3/c1-9-12(2)8-11(14)7-10(12)3-4-13(9)15-5-6-16-13/h7,9H,3-6,8H2,1-2H3/t9-,12-/m0/s1. The zero-order valence-electron chi connectivity index (χ0n) is 9.91. The Balaban J connectivity index is 1.97. The summed E-state index contributed by atoms with van der Waals surface area (Å²) in [6.07, 6.45) is 4.30. The maximum atomic E-state index is 11.6. The Bertz CT molecular complexity index is 365. The highest BCUT2D eigenvalue weighted by molar-refractivity contribution is 5.94. The molecule has 16 heavy (non-hydrogen) atoms. The van der Waals surface area contributed by atoms with Crippen LogP contribution in [-0.2, 0) is 14.3 Å². The van der Waals surface area contributed by atoms with Crippen LogP contribution in [0.15, 0.2) is 11.6 Å². The fourth-order valence-electron chi connectivity index (χ4n) is 3.55. The number of fused-ring (bicyclic) bond motifs is 1. The van der Waals surface area contributed by atoms with Crippen LogP contribution in [0.1, 0.15) is 33.1 Å². The van der Waals surface area contributed by atoms with E-state index >= 15 is 0 Å². The van der Waals surface area contributed by atoms with E-state index in [9.17, 15) is 4.79 Å². The summed E-state index contributed by atoms with van der Waals surface area (Å²) in [6, 6.07) is 0. The van der Waals surface area contributed by atoms with Crippen molar-refractivity contribution in [2.75, 3.05) is 13.2 Å². The normalized spacial score (nSPS) is 41.2. The Hall–Kier alpha value is -0.670. The second-order valence-corrected chi connectivity index (χ2v) is 5.46. The van der Waals surface area contributed by atoms with Crippen LogP contribution >= 0.6 is 0 Å². The van der Waals surface area contributed by atoms with E-state index in [1.807, 2.05) is 6.08 Å². The fourth-order valence-corrected chi connectivity index (χ4v) is 3.55. The summed E-state index contributed by atoms with van der Waals surface area (Å²) in [5.41, 5.74) is 1.26. The molecule has 3 nitrogen and oxygen atoms in total. The van der Waals surface area contributed by atoms with E-state index < -0.39 is 5.79 Å². The van der Waals surface area contributed by atoms with Crippen molar-refractivity contribution in [2.24, 2.45) is 11.3 Å². The molecule has 1 spiro atoms. The van der Waals surface area contributed by atoms with Crippen LogP contribution in [0.5, 0.6) is 0 Å². The van der Waals surface area contributed by atoms with E-state index in [2.05, 4.69) is 13.8 Å². The molecular formula is C13H18O3. The van der Waals surface area contributed by atoms with Gasteiger partial charge in [0.2, 0.25) is 0 Å². The third-order valence-electron chi connectivity index (χ3n) is 4.74. The Kier molecular flexibility index (Phi) is 2.08. The summed E-state index contributed by atoms with van der Waals surface area (Å²) in [7, 11) is 0. The van der Waals surface area contributed by atoms with Crippen LogP contribution in [0.4, 0.5) is 0 Å². The van der Waals surface area contributed by atoms with Gasteiger partial charge in [-0.05, 0) is 12.5 Å². The topological polar surface area (TPSA) is 35.5 Å². The summed E-state index contributed by atoms with van der Waals surface area (Å²) in [6.45, 7) is 5.72. The third-order valence-corrected chi connectivity index (χ3v) is 4.74. The Morgan fingerprint density at radius 3 is 2.75 bits per heavy atom. The molecule has 88 valence electrons. The first kappa shape index (κ1) is 10.5. The van der Waals surface area contributed by atoms with Crippen molar-refractivity contribution in [3.8, 4) is 0 Å². The summed E-state index contributed by atoms with van der Waals surface area (Å²) in [4.78, 5) is 11.6. The van der Waals surface area contributed by atoms with Crippen LogP contribution in [0.2, 0.25) is 0 Å². The average molecular weight is 222 g/mol. The summed E-state index contributed by atoms with van der Waals surface area (Å²) < 4.78 is 11.7. The molecule has 2 fully saturated rings. The van der Waals surface area contributed by atoms with Crippen LogP contribution in [0, 0.1) is 11.3 Å². The van der Waals surface area contributed by atoms with Gasteiger partial charge in [-0.3, -0.25) is 4.79 Å². The van der Waals surface area contributed by atoms with Crippen molar-refractivity contribution in [2.45, 2.75) is 38.9 Å². The molecule has 3 heteroatoms. The van der Waals surface area contributed by atoms with Gasteiger partial charge in [0.15, 0.2) is 11.6 Å². The van der Waals surface area contributed by atoms with Gasteiger partial charge in [0, 0.05) is 24.2 Å². The van der Waals surface area contributed by atoms with E-state index in [0.717, 1.165) is 12.8 Å². The molecule has 1 saturated carbocycles. The first-order valence-electron chi connectivity index (χ1n) is 6.09. The van der Waals surface area contributed by atoms with Gasteiger partial charge < -0.3 is 9.47 Å². The quantitative estimate of drug-likeness (QED) is 0.629. The minimum absolute atomic E-state index is 0.0420. The smallest absolute Gasteiger partial charge is 0.172 e. The van der Waals surface area contributed by atoms with Gasteiger partial charge in [0.05, 0.1) is 13.2 Å². The van der Waals surface area contributed by atoms with E-state index in [1.54, 1.807) is 0 Å². The number of carbonyl (C=O) groups is 1. The van der Waals surface area contributed by atoms with Gasteiger partial charge in [0.1, 0.15) is 0 Å². The molecule has 0 unspecified atom stereocenters. The Labute approximate surface area is 95.8 Å². The molecule has 0 aromatic heterocycles. The molecule has 0 aromatic rings. The molecule has 0 N–H and O–H groups in total. The van der Waals surface area contributed by atoms with Gasteiger partial charge in [-0.15, -0.1) is 0 Å². The summed E-state index contributed by atoms with van der Waals surface area (Å²) >= 11 is 0. The molecule has 2 aliphatic carbocycles. The lowest BCUT2D eigenvalue weighted by molar-refractivity contribution is -0.225. The number of rotatable bonds is 0. The second kappa shape index (κ2) is 3.17. The van der Waals surface area contributed by atoms with Crippen molar-refractivity contribution >= 4 is 5.78 Å². The van der Waals surface area contributed by atoms with Crippen molar-refractivity contribution < 1.29 is 14.3 Å². The lowest BCUT2D eigenvalue weighted by atomic mass is 9.63. The van der Waals surface area contributed by atoms with Gasteiger partial charge >= 0.3 is 0 Å². The number of ketones is 1. The van der Waals surface area contributed by atoms with Crippen molar-refractivity contribution in [1.29, 1.82) is 0 Å². The van der Waals surface area contributed by atoms with Crippen LogP contribution in [0.3, 0.4) is 0 Å². The second-order valence-electron chi connectivity index (χ2n) is 5.46. The van der Waals surface area contributed by atoms with Gasteiger partial charge in [0.25, 0.3) is 0 Å². The minimum Gasteiger partial charge on any atom is -0.347 e. The highest BCUT2D eigenvalue weighted by Gasteiger charge is 2.56. The zero-order chi connectivity index (χ0) is 11.4. The van der Waals surface area contributed by atoms with Gasteiger partial charge in [-0.25, -0.2) is 0 Å². The number of carbonyl (C=O) groups excluding carboxylic acids is 1. The molecule has 1 saturated heterocycles. The lowest BCUT2D eigenvalue weighted by Crippen LogP contribution is -2.49. The van der Waals surface area contributed by atoms with Crippen LogP contribution in [0.25, 0.3) is 0 Å². The average Bonchev–Trinajstić information content (AvgIpc) is 2.80. The Morgan fingerprint density at radius 1 is 1.38 bits per heavy atom. The molecule has 0 aromatic carbocycles. The van der Waals surface area contributed by atoms with Gasteiger partial charge in [-0.1, -0.05) is 19.4 Å². The molecule has 0 radical (unpaired) electrons. The number of ether oxygens (including phenoxy) is 2. The predicted octanol–water partition coefficient (Wildman–Crippen LogP) is 2.06. The minimum atomic E-state index is -0.420. The first-order chi connectivity index (χ1) is 7.57. The van der Waals surface area contributed by atoms with E-state index in [1.165, 1.54) is 5.57 Å². The molecule has 2 atom stereocenters. The van der Waals surface area contributed by atoms with Crippen LogP contribution < -0.4 is 0 Å². The summed E-state index contributed by atoms with van der Waals surface area (Å²) in [5, 5.41) is 0. The zero-order valence-corrected chi connectivity index (χ0v) is 9.91. The van der Waals surface area contributed by atoms with E-state index in [0.29, 0.717) is 19.6 Å². The van der Waals surface area contributed by atoms with E-state index in [-0.39, 0.29) is 17.1 Å². The predicted molar refractivity (Wildman–Crippen MR) is 58.8 cm³/mol. The number of hydrogen-bond acceptors (Lipinski definition) is 3. The number of hydrogen-bond donors (Lipinski definition) is 0. The molecular weight excluding hydrogens is 204 g/mol. The maximum Gasteiger partial charge on any atom is 0.172 e. The highest BCUT2D eigenvalue weighted by atomic mass is 16.7. The van der Waals surface area contributed by atoms with Crippen LogP contribution in [-0.4, -0.2) is 24.8 Å². The summed E-state index contributed by atoms with van der Waals surface area (Å²) in [5.74, 6) is 0.102. The van der Waals surface area contributed by atoms with E-state index in [4.69, 9.17) is 9.47 Å². The third kappa shape index (κ3) is 1.19. The maximum absolute atomic E-state index is 11.6. The number of allylic oxidation sites excluding steroid dienone is 2. The lowest BCUT2D eigenvalue weighted by Gasteiger charge is -2.48. The highest BCUT2D eigenvalue weighted by Crippen LogP contribution is 2.56. The fraction of sp³-hybridized carbons (Fsp3) is 0.769. The molecule has 0 bridgehead atoms. The van der Waals surface area contributed by atoms with Crippen molar-refractivity contribution in [3.63, 3.8) is 0 Å². The largest absolute Gasteiger partial charge is 0.347 e. The first-order valence-corrected chi connectivity index (χ1v) is 6.09. The SMILES string of the molecule is C[C@@H]1C2(CCC3=CC(=O)C[C@]31C)OCCO2. The molecule has 1 heterocycles. The molecule has 0 amide bonds. The van der Waals surface area contributed by atoms with Crippen molar-refractivity contribution in [1.82, 2.24) is 0 Å².